The molecule has 12 nitrogen and oxygen atoms in total. The van der Waals surface area contributed by atoms with Crippen molar-refractivity contribution in [2.75, 3.05) is 0 Å². The average Bonchev–Trinajstić information content (AvgIpc) is 1.59. The smallest absolute Gasteiger partial charge is 0.227 e. The number of nitrogens with zero attached hydrogens (tertiary/aromatic N) is 9. The molecular formula is C135H83N9O3S3. The number of thiophene rings is 1. The molecule has 8 aromatic heterocycles. The van der Waals surface area contributed by atoms with Gasteiger partial charge >= 0.3 is 0 Å². The molecule has 704 valence electrons. The number of para-hydroxylation sites is 2. The maximum absolute atomic E-state index is 6.31. The lowest BCUT2D eigenvalue weighted by Crippen LogP contribution is -2.00. The minimum Gasteiger partial charge on any atom is -0.455 e. The zero-order chi connectivity index (χ0) is 99.3. The topological polar surface area (TPSA) is 155 Å². The van der Waals surface area contributed by atoms with Gasteiger partial charge in [-0.25, -0.2) is 44.9 Å². The van der Waals surface area contributed by atoms with Crippen molar-refractivity contribution < 1.29 is 13.3 Å². The summed E-state index contributed by atoms with van der Waals surface area (Å²) in [7, 11) is 0. The van der Waals surface area contributed by atoms with E-state index in [1.54, 1.807) is 22.7 Å². The second-order valence-corrected chi connectivity index (χ2v) is 39.9. The predicted molar refractivity (Wildman–Crippen MR) is 623 cm³/mol. The summed E-state index contributed by atoms with van der Waals surface area (Å²) in [5.74, 6) is 3.97. The van der Waals surface area contributed by atoms with Crippen LogP contribution in [0.5, 0.6) is 0 Å². The number of aromatic nitrogens is 9. The number of furan rings is 1. The van der Waals surface area contributed by atoms with E-state index < -0.39 is 0 Å². The van der Waals surface area contributed by atoms with E-state index in [9.17, 15) is 0 Å². The summed E-state index contributed by atoms with van der Waals surface area (Å²) in [6.07, 6.45) is 0. The molecule has 0 aliphatic rings. The van der Waals surface area contributed by atoms with E-state index in [0.717, 1.165) is 181 Å². The van der Waals surface area contributed by atoms with Gasteiger partial charge in [0, 0.05) is 114 Å². The van der Waals surface area contributed by atoms with Gasteiger partial charge in [0.05, 0.1) is 31.8 Å². The first-order valence-corrected chi connectivity index (χ1v) is 52.2. The van der Waals surface area contributed by atoms with E-state index in [2.05, 4.69) is 297 Å². The molecule has 0 fully saturated rings. The Bertz CT molecular complexity index is 9650. The Balaban J connectivity index is 0.0000000983. The SMILES string of the molecule is c1ccc(-c2cc(-c3ccccc3)nc(-c3ccc4ccc5nc(-c6ccccc6)sc5c4c3)n2)cc1.c1ccc(-c2nc(-c3ccccc3)nc(-c3ccc4ccc5nc(-c6ccccc6)sc5c4c3)n2)cc1.c1ccc(-c2nc3c(ccc4ccc(-c5cccc(-c6cccc7c6oc6ccccc67)c5)cc43)o2)cc1.c1ccc(-c2nc3c(ccc4ccc(-c5cccc(-c6cccc7c6sc6ccccc67)c5)cc43)o2)cc1. The van der Waals surface area contributed by atoms with Crippen LogP contribution in [-0.4, -0.2) is 44.9 Å². The molecule has 22 aromatic carbocycles. The molecule has 0 N–H and O–H groups in total. The monoisotopic (exact) mass is 1970 g/mol. The second-order valence-electron chi connectivity index (χ2n) is 36.9. The fraction of sp³-hybridized carbons (Fsp3) is 0. The van der Waals surface area contributed by atoms with Crippen LogP contribution in [-0.2, 0) is 0 Å². The molecule has 0 radical (unpaired) electrons. The highest BCUT2D eigenvalue weighted by atomic mass is 32.1. The molecule has 0 saturated carbocycles. The van der Waals surface area contributed by atoms with Crippen LogP contribution in [0.1, 0.15) is 0 Å². The first-order valence-electron chi connectivity index (χ1n) is 49.7. The van der Waals surface area contributed by atoms with Gasteiger partial charge in [-0.15, -0.1) is 34.0 Å². The van der Waals surface area contributed by atoms with Gasteiger partial charge in [-0.1, -0.05) is 400 Å². The lowest BCUT2D eigenvalue weighted by Gasteiger charge is -2.10. The largest absolute Gasteiger partial charge is 0.455 e. The summed E-state index contributed by atoms with van der Waals surface area (Å²) < 4.78 is 23.6. The van der Waals surface area contributed by atoms with Crippen LogP contribution in [0.15, 0.2) is 517 Å². The number of fused-ring (bicyclic) bond motifs is 18. The molecule has 0 atom stereocenters. The normalized spacial score (nSPS) is 11.5. The molecule has 30 aromatic rings. The van der Waals surface area contributed by atoms with Gasteiger partial charge in [-0.3, -0.25) is 0 Å². The summed E-state index contributed by atoms with van der Waals surface area (Å²) in [4.78, 5) is 44.3. The average molecular weight is 1980 g/mol. The summed E-state index contributed by atoms with van der Waals surface area (Å²) in [6, 6.07) is 174. The molecule has 150 heavy (non-hydrogen) atoms. The molecule has 0 aliphatic heterocycles. The summed E-state index contributed by atoms with van der Waals surface area (Å²) in [5, 5.41) is 16.1. The van der Waals surface area contributed by atoms with Crippen molar-refractivity contribution in [3.8, 4) is 157 Å². The highest BCUT2D eigenvalue weighted by Gasteiger charge is 2.23. The van der Waals surface area contributed by atoms with Crippen molar-refractivity contribution in [1.29, 1.82) is 0 Å². The van der Waals surface area contributed by atoms with E-state index in [0.29, 0.717) is 35.1 Å². The Hall–Kier alpha value is -19.3. The second kappa shape index (κ2) is 39.0. The van der Waals surface area contributed by atoms with E-state index in [1.165, 1.54) is 68.0 Å². The third kappa shape index (κ3) is 17.5. The quantitative estimate of drug-likeness (QED) is 0.102. The Morgan fingerprint density at radius 3 is 0.993 bits per heavy atom. The standard InChI is InChI=1S/C35H21NO2.C35H21NOS.C33H21N3S.C32H20N4S/c1-2-8-23(9-3-1)35-36-33-30-21-25(17-16-22(30)18-19-32(33)38-35)24-10-6-11-26(20-24)27-13-7-14-29-28-12-4-5-15-31(28)37-34(27)29;1-2-8-23(9-3-1)35-36-33-30-21-25(17-16-22(30)18-19-31(33)37-35)24-10-6-11-26(20-24)27-13-7-14-29-28-12-4-5-15-32(28)38-34(27)29;1-4-10-23(11-5-1)29-21-30(24-12-6-2-7-13-24)35-32(34-29)26-17-16-22-18-19-28-31(27(22)20-26)37-33(36-28)25-14-8-3-9-15-25;1-4-10-22(11-5-1)29-34-30(23-12-6-2-7-13-23)36-31(35-29)25-17-16-21-18-19-27-28(26(21)20-25)37-32(33-27)24-14-8-3-9-15-24/h2*1-21H;1-21H;1-20H. The minimum absolute atomic E-state index is 0.638. The van der Waals surface area contributed by atoms with Gasteiger partial charge in [0.25, 0.3) is 0 Å². The van der Waals surface area contributed by atoms with Crippen LogP contribution >= 0.6 is 34.0 Å². The number of rotatable bonds is 14. The lowest BCUT2D eigenvalue weighted by molar-refractivity contribution is 0.619. The molecule has 8 heterocycles. The Labute approximate surface area is 873 Å². The highest BCUT2D eigenvalue weighted by Crippen LogP contribution is 2.47. The Morgan fingerprint density at radius 2 is 0.507 bits per heavy atom. The van der Waals surface area contributed by atoms with Gasteiger partial charge in [-0.2, -0.15) is 0 Å². The summed E-state index contributed by atoms with van der Waals surface area (Å²) >= 11 is 5.32. The van der Waals surface area contributed by atoms with Crippen LogP contribution in [0.2, 0.25) is 0 Å². The molecule has 0 bridgehead atoms. The van der Waals surface area contributed by atoms with Gasteiger partial charge in [0.2, 0.25) is 11.8 Å². The molecule has 15 heteroatoms. The molecular weight excluding hydrogens is 1890 g/mol. The minimum atomic E-state index is 0.638. The van der Waals surface area contributed by atoms with Crippen LogP contribution in [0.25, 0.3) is 284 Å². The molecule has 30 rings (SSSR count). The highest BCUT2D eigenvalue weighted by molar-refractivity contribution is 7.26. The number of benzene rings is 22. The predicted octanol–water partition coefficient (Wildman–Crippen LogP) is 37.4. The van der Waals surface area contributed by atoms with Crippen molar-refractivity contribution in [2.24, 2.45) is 0 Å². The van der Waals surface area contributed by atoms with Crippen LogP contribution in [0.4, 0.5) is 0 Å². The summed E-state index contributed by atoms with van der Waals surface area (Å²) in [6.45, 7) is 0. The van der Waals surface area contributed by atoms with E-state index in [1.807, 2.05) is 218 Å². The fourth-order valence-corrected chi connectivity index (χ4v) is 23.4. The van der Waals surface area contributed by atoms with Crippen molar-refractivity contribution in [3.05, 3.63) is 504 Å². The Morgan fingerprint density at radius 1 is 0.167 bits per heavy atom. The third-order valence-corrected chi connectivity index (χ3v) is 31.0. The maximum Gasteiger partial charge on any atom is 0.227 e. The fourth-order valence-electron chi connectivity index (χ4n) is 20.0. The van der Waals surface area contributed by atoms with Crippen LogP contribution in [0, 0.1) is 0 Å². The van der Waals surface area contributed by atoms with E-state index in [-0.39, 0.29) is 0 Å². The maximum atomic E-state index is 6.31. The first-order chi connectivity index (χ1) is 74.3. The van der Waals surface area contributed by atoms with Gasteiger partial charge in [0.1, 0.15) is 32.2 Å². The number of hydrogen-bond donors (Lipinski definition) is 0. The van der Waals surface area contributed by atoms with E-state index in [4.69, 9.17) is 58.1 Å². The zero-order valence-electron chi connectivity index (χ0n) is 80.4. The number of thiazole rings is 2. The third-order valence-electron chi connectivity index (χ3n) is 27.5. The van der Waals surface area contributed by atoms with Gasteiger partial charge in [0.15, 0.2) is 34.5 Å². The molecule has 0 saturated heterocycles. The van der Waals surface area contributed by atoms with E-state index >= 15 is 0 Å². The molecule has 0 unspecified atom stereocenters. The molecule has 0 aliphatic carbocycles. The summed E-state index contributed by atoms with van der Waals surface area (Å²) in [5.41, 5.74) is 28.6. The van der Waals surface area contributed by atoms with Crippen molar-refractivity contribution >= 4 is 162 Å². The van der Waals surface area contributed by atoms with Crippen LogP contribution in [0.3, 0.4) is 0 Å². The number of hydrogen-bond acceptors (Lipinski definition) is 15. The van der Waals surface area contributed by atoms with Crippen molar-refractivity contribution in [3.63, 3.8) is 0 Å². The molecule has 0 amide bonds. The first kappa shape index (κ1) is 89.5. The van der Waals surface area contributed by atoms with Gasteiger partial charge in [-0.05, 0) is 164 Å². The Kier molecular flexibility index (Phi) is 23.3. The van der Waals surface area contributed by atoms with Crippen molar-refractivity contribution in [2.45, 2.75) is 0 Å². The van der Waals surface area contributed by atoms with Gasteiger partial charge < -0.3 is 13.3 Å². The zero-order valence-corrected chi connectivity index (χ0v) is 82.8. The van der Waals surface area contributed by atoms with Crippen molar-refractivity contribution in [1.82, 2.24) is 44.9 Å². The van der Waals surface area contributed by atoms with Crippen LogP contribution < -0.4 is 0 Å². The molecule has 0 spiro atoms. The number of oxazole rings is 2. The lowest BCUT2D eigenvalue weighted by atomic mass is 9.96.